The maximum atomic E-state index is 12.7. The van der Waals surface area contributed by atoms with Crippen LogP contribution in [-0.2, 0) is 16.2 Å². The first-order valence-corrected chi connectivity index (χ1v) is 6.79. The van der Waals surface area contributed by atoms with Crippen molar-refractivity contribution in [3.8, 4) is 0 Å². The van der Waals surface area contributed by atoms with E-state index in [0.29, 0.717) is 6.07 Å². The van der Waals surface area contributed by atoms with E-state index >= 15 is 0 Å². The van der Waals surface area contributed by atoms with Gasteiger partial charge in [-0.1, -0.05) is 11.6 Å². The Hall–Kier alpha value is -0.790. The third kappa shape index (κ3) is 3.60. The lowest BCUT2D eigenvalue weighted by Gasteiger charge is -2.15. The molecule has 18 heavy (non-hydrogen) atoms. The number of hydrogen-bond acceptors (Lipinski definition) is 2. The lowest BCUT2D eigenvalue weighted by atomic mass is 10.2. The molecule has 0 saturated heterocycles. The van der Waals surface area contributed by atoms with E-state index in [-0.39, 0.29) is 5.02 Å². The fourth-order valence-electron chi connectivity index (χ4n) is 1.33. The van der Waals surface area contributed by atoms with Crippen LogP contribution in [0.1, 0.15) is 19.4 Å². The fourth-order valence-corrected chi connectivity index (χ4v) is 2.96. The molecule has 0 fully saturated rings. The molecule has 0 aliphatic rings. The molecule has 0 atom stereocenters. The summed E-state index contributed by atoms with van der Waals surface area (Å²) in [5.74, 6) is 0. The molecule has 1 N–H and O–H groups in total. The molecule has 1 aromatic carbocycles. The number of rotatable bonds is 3. The average molecular weight is 302 g/mol. The summed E-state index contributed by atoms with van der Waals surface area (Å²) in [5.41, 5.74) is -1.27. The van der Waals surface area contributed by atoms with Gasteiger partial charge in [-0.15, -0.1) is 0 Å². The molecule has 0 saturated carbocycles. The van der Waals surface area contributed by atoms with Crippen LogP contribution < -0.4 is 4.72 Å². The van der Waals surface area contributed by atoms with E-state index in [0.717, 1.165) is 12.1 Å². The Kier molecular flexibility index (Phi) is 4.30. The summed E-state index contributed by atoms with van der Waals surface area (Å²) in [5, 5.41) is -0.175. The average Bonchev–Trinajstić information content (AvgIpc) is 2.13. The molecule has 0 aromatic heterocycles. The van der Waals surface area contributed by atoms with Crippen molar-refractivity contribution in [1.82, 2.24) is 4.72 Å². The zero-order valence-electron chi connectivity index (χ0n) is 9.55. The third-order valence-corrected chi connectivity index (χ3v) is 3.88. The second kappa shape index (κ2) is 5.07. The van der Waals surface area contributed by atoms with Gasteiger partial charge < -0.3 is 0 Å². The van der Waals surface area contributed by atoms with Gasteiger partial charge in [-0.25, -0.2) is 13.1 Å². The van der Waals surface area contributed by atoms with Crippen molar-refractivity contribution in [3.05, 3.63) is 28.8 Å². The third-order valence-electron chi connectivity index (χ3n) is 1.93. The summed E-state index contributed by atoms with van der Waals surface area (Å²) in [6.45, 7) is 3.03. The lowest BCUT2D eigenvalue weighted by molar-refractivity contribution is -0.139. The second-order valence-corrected chi connectivity index (χ2v) is 6.03. The number of sulfonamides is 1. The van der Waals surface area contributed by atoms with Crippen LogP contribution in [0.15, 0.2) is 23.1 Å². The van der Waals surface area contributed by atoms with Crippen LogP contribution in [0, 0.1) is 0 Å². The van der Waals surface area contributed by atoms with Crippen LogP contribution in [0.3, 0.4) is 0 Å². The first kappa shape index (κ1) is 15.3. The predicted molar refractivity (Wildman–Crippen MR) is 61.9 cm³/mol. The minimum Gasteiger partial charge on any atom is -0.209 e. The van der Waals surface area contributed by atoms with E-state index < -0.39 is 32.7 Å². The van der Waals surface area contributed by atoms with Crippen molar-refractivity contribution in [3.63, 3.8) is 0 Å². The summed E-state index contributed by atoms with van der Waals surface area (Å²) in [4.78, 5) is -0.826. The standard InChI is InChI=1S/C10H11ClF3NO2S/c1-6(2)15-18(16,17)9-4-3-7(11)5-8(9)10(12,13)14/h3-6,15H,1-2H3. The smallest absolute Gasteiger partial charge is 0.209 e. The molecule has 0 spiro atoms. The van der Waals surface area contributed by atoms with Crippen molar-refractivity contribution in [1.29, 1.82) is 0 Å². The summed E-state index contributed by atoms with van der Waals surface area (Å²) < 4.78 is 63.9. The van der Waals surface area contributed by atoms with E-state index in [1.807, 2.05) is 0 Å². The molecule has 0 amide bonds. The molecule has 0 aliphatic heterocycles. The highest BCUT2D eigenvalue weighted by atomic mass is 35.5. The van der Waals surface area contributed by atoms with Crippen molar-refractivity contribution >= 4 is 21.6 Å². The molecule has 8 heteroatoms. The molecular weight excluding hydrogens is 291 g/mol. The van der Waals surface area contributed by atoms with E-state index in [2.05, 4.69) is 4.72 Å². The summed E-state index contributed by atoms with van der Waals surface area (Å²) >= 11 is 5.46. The van der Waals surface area contributed by atoms with Gasteiger partial charge in [-0.2, -0.15) is 13.2 Å². The van der Waals surface area contributed by atoms with Crippen LogP contribution in [0.4, 0.5) is 13.2 Å². The molecule has 0 aliphatic carbocycles. The summed E-state index contributed by atoms with van der Waals surface area (Å²) in [6, 6.07) is 2.03. The molecule has 0 bridgehead atoms. The highest BCUT2D eigenvalue weighted by molar-refractivity contribution is 7.89. The van der Waals surface area contributed by atoms with Crippen LogP contribution in [0.2, 0.25) is 5.02 Å². The van der Waals surface area contributed by atoms with Gasteiger partial charge in [-0.3, -0.25) is 0 Å². The predicted octanol–water partition coefficient (Wildman–Crippen LogP) is 3.05. The molecule has 1 aromatic rings. The van der Waals surface area contributed by atoms with E-state index in [9.17, 15) is 21.6 Å². The maximum Gasteiger partial charge on any atom is 0.417 e. The molecule has 0 heterocycles. The first-order valence-electron chi connectivity index (χ1n) is 4.93. The Labute approximate surface area is 108 Å². The van der Waals surface area contributed by atoms with Gasteiger partial charge in [-0.05, 0) is 32.0 Å². The van der Waals surface area contributed by atoms with E-state index in [4.69, 9.17) is 11.6 Å². The highest BCUT2D eigenvalue weighted by Crippen LogP contribution is 2.35. The molecule has 102 valence electrons. The monoisotopic (exact) mass is 301 g/mol. The molecule has 0 radical (unpaired) electrons. The van der Waals surface area contributed by atoms with Gasteiger partial charge in [0.25, 0.3) is 0 Å². The van der Waals surface area contributed by atoms with Crippen molar-refractivity contribution in [2.75, 3.05) is 0 Å². The van der Waals surface area contributed by atoms with Gasteiger partial charge in [0.2, 0.25) is 10.0 Å². The number of nitrogens with one attached hydrogen (secondary N) is 1. The zero-order chi connectivity index (χ0) is 14.1. The van der Waals surface area contributed by atoms with E-state index in [1.54, 1.807) is 0 Å². The Bertz CT molecular complexity index is 541. The number of alkyl halides is 3. The quantitative estimate of drug-likeness (QED) is 0.932. The van der Waals surface area contributed by atoms with Gasteiger partial charge >= 0.3 is 6.18 Å². The lowest BCUT2D eigenvalue weighted by Crippen LogP contribution is -2.31. The minimum absolute atomic E-state index is 0.175. The van der Waals surface area contributed by atoms with Crippen LogP contribution in [0.25, 0.3) is 0 Å². The molecule has 3 nitrogen and oxygen atoms in total. The zero-order valence-corrected chi connectivity index (χ0v) is 11.1. The Morgan fingerprint density at radius 2 is 1.83 bits per heavy atom. The highest BCUT2D eigenvalue weighted by Gasteiger charge is 2.37. The number of halogens is 4. The Morgan fingerprint density at radius 1 is 1.28 bits per heavy atom. The molecule has 1 rings (SSSR count). The van der Waals surface area contributed by atoms with Crippen LogP contribution >= 0.6 is 11.6 Å². The first-order chi connectivity index (χ1) is 8.04. The van der Waals surface area contributed by atoms with Crippen molar-refractivity contribution < 1.29 is 21.6 Å². The second-order valence-electron chi connectivity index (χ2n) is 3.91. The normalized spacial score (nSPS) is 13.1. The summed E-state index contributed by atoms with van der Waals surface area (Å²) in [7, 11) is -4.22. The minimum atomic E-state index is -4.79. The largest absolute Gasteiger partial charge is 0.417 e. The van der Waals surface area contributed by atoms with E-state index in [1.165, 1.54) is 13.8 Å². The SMILES string of the molecule is CC(C)NS(=O)(=O)c1ccc(Cl)cc1C(F)(F)F. The van der Waals surface area contributed by atoms with Crippen molar-refractivity contribution in [2.45, 2.75) is 31.0 Å². The van der Waals surface area contributed by atoms with Gasteiger partial charge in [0, 0.05) is 11.1 Å². The van der Waals surface area contributed by atoms with Crippen molar-refractivity contribution in [2.24, 2.45) is 0 Å². The van der Waals surface area contributed by atoms with Gasteiger partial charge in [0.15, 0.2) is 0 Å². The maximum absolute atomic E-state index is 12.7. The molecular formula is C10H11ClF3NO2S. The number of benzene rings is 1. The topological polar surface area (TPSA) is 46.2 Å². The van der Waals surface area contributed by atoms with Gasteiger partial charge in [0.05, 0.1) is 10.5 Å². The Balaban J connectivity index is 3.42. The molecule has 0 unspecified atom stereocenters. The van der Waals surface area contributed by atoms with Gasteiger partial charge in [0.1, 0.15) is 0 Å². The van der Waals surface area contributed by atoms with Crippen LogP contribution in [0.5, 0.6) is 0 Å². The Morgan fingerprint density at radius 3 is 2.28 bits per heavy atom. The van der Waals surface area contributed by atoms with Crippen LogP contribution in [-0.4, -0.2) is 14.5 Å². The number of hydrogen-bond donors (Lipinski definition) is 1. The summed E-state index contributed by atoms with van der Waals surface area (Å²) in [6.07, 6.45) is -4.79. The fraction of sp³-hybridized carbons (Fsp3) is 0.400.